The number of likely N-dealkylation sites (N-methyl/N-ethyl adjacent to an activating group) is 1. The van der Waals surface area contributed by atoms with E-state index < -0.39 is 0 Å². The summed E-state index contributed by atoms with van der Waals surface area (Å²) in [4.78, 5) is 11.8. The predicted octanol–water partition coefficient (Wildman–Crippen LogP) is 2.27. The van der Waals surface area contributed by atoms with E-state index in [1.807, 2.05) is 13.0 Å². The molecular weight excluding hydrogens is 186 g/mol. The molecule has 1 rings (SSSR count). The minimum Gasteiger partial charge on any atom is -0.313 e. The summed E-state index contributed by atoms with van der Waals surface area (Å²) in [7, 11) is 1.80. The van der Waals surface area contributed by atoms with Crippen LogP contribution >= 0.6 is 0 Å². The molecule has 0 fully saturated rings. The number of carbonyl (C=O) groups excluding carboxylic acids is 1. The van der Waals surface area contributed by atoms with E-state index in [1.165, 1.54) is 11.1 Å². The summed E-state index contributed by atoms with van der Waals surface area (Å²) in [6, 6.07) is 4.17. The number of hydrogen-bond donors (Lipinski definition) is 1. The first-order valence-electron chi connectivity index (χ1n) is 5.38. The van der Waals surface area contributed by atoms with E-state index in [1.54, 1.807) is 7.05 Å². The highest BCUT2D eigenvalue weighted by Crippen LogP contribution is 2.17. The Balaban J connectivity index is 3.15. The monoisotopic (exact) mass is 205 g/mol. The van der Waals surface area contributed by atoms with Crippen LogP contribution in [-0.2, 0) is 6.42 Å². The van der Waals surface area contributed by atoms with Crippen LogP contribution in [0.15, 0.2) is 12.1 Å². The first kappa shape index (κ1) is 11.9. The summed E-state index contributed by atoms with van der Waals surface area (Å²) >= 11 is 0. The van der Waals surface area contributed by atoms with Crippen molar-refractivity contribution in [3.05, 3.63) is 34.4 Å². The zero-order chi connectivity index (χ0) is 11.4. The molecule has 0 aromatic heterocycles. The van der Waals surface area contributed by atoms with Gasteiger partial charge in [0.1, 0.15) is 0 Å². The highest BCUT2D eigenvalue weighted by Gasteiger charge is 2.10. The van der Waals surface area contributed by atoms with Crippen molar-refractivity contribution in [2.75, 3.05) is 13.6 Å². The molecule has 0 aliphatic carbocycles. The molecule has 15 heavy (non-hydrogen) atoms. The molecule has 2 heteroatoms. The Morgan fingerprint density at radius 2 is 2.00 bits per heavy atom. The molecule has 1 aromatic carbocycles. The van der Waals surface area contributed by atoms with E-state index in [9.17, 15) is 4.79 Å². The first-order valence-corrected chi connectivity index (χ1v) is 5.38. The van der Waals surface area contributed by atoms with E-state index in [4.69, 9.17) is 0 Å². The van der Waals surface area contributed by atoms with E-state index in [0.717, 1.165) is 17.5 Å². The molecule has 0 spiro atoms. The van der Waals surface area contributed by atoms with Crippen LogP contribution in [0.5, 0.6) is 0 Å². The van der Waals surface area contributed by atoms with Crippen LogP contribution in [0.1, 0.15) is 34.0 Å². The smallest absolute Gasteiger partial charge is 0.176 e. The molecule has 0 amide bonds. The summed E-state index contributed by atoms with van der Waals surface area (Å²) in [6.07, 6.45) is 0.973. The van der Waals surface area contributed by atoms with Gasteiger partial charge in [-0.05, 0) is 50.1 Å². The Hall–Kier alpha value is -1.15. The van der Waals surface area contributed by atoms with Crippen molar-refractivity contribution >= 4 is 5.78 Å². The fraction of sp³-hybridized carbons (Fsp3) is 0.462. The van der Waals surface area contributed by atoms with Crippen molar-refractivity contribution in [3.8, 4) is 0 Å². The number of hydrogen-bond acceptors (Lipinski definition) is 2. The van der Waals surface area contributed by atoms with E-state index in [2.05, 4.69) is 25.2 Å². The minimum atomic E-state index is 0.174. The average molecular weight is 205 g/mol. The van der Waals surface area contributed by atoms with Crippen molar-refractivity contribution in [1.82, 2.24) is 5.32 Å². The molecule has 0 aliphatic rings. The minimum absolute atomic E-state index is 0.174. The molecule has 82 valence electrons. The van der Waals surface area contributed by atoms with E-state index in [-0.39, 0.29) is 5.78 Å². The molecule has 1 aromatic rings. The summed E-state index contributed by atoms with van der Waals surface area (Å²) < 4.78 is 0. The maximum absolute atomic E-state index is 11.8. The van der Waals surface area contributed by atoms with Gasteiger partial charge >= 0.3 is 0 Å². The molecule has 0 atom stereocenters. The van der Waals surface area contributed by atoms with Crippen LogP contribution in [-0.4, -0.2) is 19.4 Å². The normalized spacial score (nSPS) is 10.4. The Bertz CT molecular complexity index is 369. The van der Waals surface area contributed by atoms with Crippen molar-refractivity contribution in [1.29, 1.82) is 0 Å². The second-order valence-corrected chi connectivity index (χ2v) is 3.89. The van der Waals surface area contributed by atoms with Gasteiger partial charge in [-0.3, -0.25) is 4.79 Å². The van der Waals surface area contributed by atoms with Gasteiger partial charge in [-0.1, -0.05) is 13.0 Å². The summed E-state index contributed by atoms with van der Waals surface area (Å²) in [5.74, 6) is 0.174. The zero-order valence-electron chi connectivity index (χ0n) is 9.98. The Labute approximate surface area is 91.7 Å². The number of benzene rings is 1. The lowest BCUT2D eigenvalue weighted by molar-refractivity contribution is 0.0993. The Kier molecular flexibility index (Phi) is 4.04. The molecule has 1 N–H and O–H groups in total. The largest absolute Gasteiger partial charge is 0.313 e. The number of ketones is 1. The van der Waals surface area contributed by atoms with Gasteiger partial charge < -0.3 is 5.32 Å². The summed E-state index contributed by atoms with van der Waals surface area (Å²) in [5.41, 5.74) is 4.40. The quantitative estimate of drug-likeness (QED) is 0.764. The molecule has 0 unspecified atom stereocenters. The highest BCUT2D eigenvalue weighted by molar-refractivity contribution is 5.99. The second-order valence-electron chi connectivity index (χ2n) is 3.89. The molecule has 0 radical (unpaired) electrons. The Morgan fingerprint density at radius 1 is 1.33 bits per heavy atom. The number of carbonyl (C=O) groups is 1. The van der Waals surface area contributed by atoms with Crippen LogP contribution < -0.4 is 5.32 Å². The SMILES string of the molecule is CCc1cc(C)c(C)c(C(=O)CNC)c1. The molecule has 0 heterocycles. The lowest BCUT2D eigenvalue weighted by Gasteiger charge is -2.10. The summed E-state index contributed by atoms with van der Waals surface area (Å²) in [6.45, 7) is 6.59. The van der Waals surface area contributed by atoms with Gasteiger partial charge in [-0.25, -0.2) is 0 Å². The van der Waals surface area contributed by atoms with Gasteiger partial charge in [0.15, 0.2) is 5.78 Å². The molecule has 0 aliphatic heterocycles. The van der Waals surface area contributed by atoms with Crippen molar-refractivity contribution < 1.29 is 4.79 Å². The van der Waals surface area contributed by atoms with Gasteiger partial charge in [-0.2, -0.15) is 0 Å². The third-order valence-corrected chi connectivity index (χ3v) is 2.77. The Morgan fingerprint density at radius 3 is 2.53 bits per heavy atom. The fourth-order valence-corrected chi connectivity index (χ4v) is 1.68. The number of Topliss-reactive ketones (excluding diaryl/α,β-unsaturated/α-hetero) is 1. The number of rotatable bonds is 4. The third-order valence-electron chi connectivity index (χ3n) is 2.77. The van der Waals surface area contributed by atoms with E-state index >= 15 is 0 Å². The van der Waals surface area contributed by atoms with Gasteiger partial charge in [0.2, 0.25) is 0 Å². The molecule has 0 saturated carbocycles. The highest BCUT2D eigenvalue weighted by atomic mass is 16.1. The van der Waals surface area contributed by atoms with E-state index in [0.29, 0.717) is 6.54 Å². The lowest BCUT2D eigenvalue weighted by Crippen LogP contribution is -2.19. The van der Waals surface area contributed by atoms with Crippen LogP contribution in [0.2, 0.25) is 0 Å². The third kappa shape index (κ3) is 2.66. The zero-order valence-corrected chi connectivity index (χ0v) is 9.98. The number of aryl methyl sites for hydroxylation is 2. The molecule has 0 bridgehead atoms. The van der Waals surface area contributed by atoms with Gasteiger partial charge in [0.25, 0.3) is 0 Å². The van der Waals surface area contributed by atoms with Crippen LogP contribution in [0, 0.1) is 13.8 Å². The van der Waals surface area contributed by atoms with Crippen LogP contribution in [0.25, 0.3) is 0 Å². The first-order chi connectivity index (χ1) is 7.10. The van der Waals surface area contributed by atoms with Gasteiger partial charge in [-0.15, -0.1) is 0 Å². The van der Waals surface area contributed by atoms with Gasteiger partial charge in [0, 0.05) is 5.56 Å². The van der Waals surface area contributed by atoms with Crippen LogP contribution in [0.3, 0.4) is 0 Å². The standard InChI is InChI=1S/C13H19NO/c1-5-11-6-9(2)10(3)12(7-11)13(15)8-14-4/h6-7,14H,5,8H2,1-4H3. The predicted molar refractivity (Wildman–Crippen MR) is 63.6 cm³/mol. The topological polar surface area (TPSA) is 29.1 Å². The molecule has 0 saturated heterocycles. The lowest BCUT2D eigenvalue weighted by atomic mass is 9.96. The maximum Gasteiger partial charge on any atom is 0.176 e. The second kappa shape index (κ2) is 5.08. The van der Waals surface area contributed by atoms with Gasteiger partial charge in [0.05, 0.1) is 6.54 Å². The van der Waals surface area contributed by atoms with Crippen molar-refractivity contribution in [2.45, 2.75) is 27.2 Å². The van der Waals surface area contributed by atoms with Crippen LogP contribution in [0.4, 0.5) is 0 Å². The van der Waals surface area contributed by atoms with Crippen molar-refractivity contribution in [2.24, 2.45) is 0 Å². The van der Waals surface area contributed by atoms with Crippen molar-refractivity contribution in [3.63, 3.8) is 0 Å². The molecular formula is C13H19NO. The maximum atomic E-state index is 11.8. The summed E-state index contributed by atoms with van der Waals surface area (Å²) in [5, 5.41) is 2.90. The number of nitrogens with one attached hydrogen (secondary N) is 1. The fourth-order valence-electron chi connectivity index (χ4n) is 1.68. The molecule has 2 nitrogen and oxygen atoms in total. The average Bonchev–Trinajstić information content (AvgIpc) is 2.22.